The van der Waals surface area contributed by atoms with Gasteiger partial charge in [-0.1, -0.05) is 6.92 Å². The minimum atomic E-state index is -4.99. The van der Waals surface area contributed by atoms with Crippen LogP contribution in [0.4, 0.5) is 13.2 Å². The van der Waals surface area contributed by atoms with Crippen molar-refractivity contribution in [3.05, 3.63) is 30.1 Å². The molecule has 1 amide bonds. The van der Waals surface area contributed by atoms with Crippen LogP contribution in [0.2, 0.25) is 0 Å². The molecule has 1 N–H and O–H groups in total. The molecule has 0 spiro atoms. The van der Waals surface area contributed by atoms with E-state index in [1.165, 1.54) is 24.5 Å². The quantitative estimate of drug-likeness (QED) is 0.904. The lowest BCUT2D eigenvalue weighted by Gasteiger charge is -2.32. The molecule has 8 heteroatoms. The third kappa shape index (κ3) is 2.26. The summed E-state index contributed by atoms with van der Waals surface area (Å²) in [6.07, 6.45) is -2.95. The number of nitrogens with zero attached hydrogens (tertiary/aromatic N) is 3. The second kappa shape index (κ2) is 4.86. The van der Waals surface area contributed by atoms with Crippen LogP contribution in [0.5, 0.6) is 0 Å². The highest BCUT2D eigenvalue weighted by molar-refractivity contribution is 5.98. The average molecular weight is 287 g/mol. The van der Waals surface area contributed by atoms with E-state index in [4.69, 9.17) is 0 Å². The maximum absolute atomic E-state index is 13.1. The molecule has 2 rings (SSSR count). The molecular weight excluding hydrogens is 275 g/mol. The Morgan fingerprint density at radius 1 is 1.45 bits per heavy atom. The molecule has 1 aliphatic rings. The lowest BCUT2D eigenvalue weighted by molar-refractivity contribution is -0.297. The van der Waals surface area contributed by atoms with Gasteiger partial charge in [0.05, 0.1) is 0 Å². The van der Waals surface area contributed by atoms with E-state index in [-0.39, 0.29) is 22.7 Å². The van der Waals surface area contributed by atoms with Crippen molar-refractivity contribution >= 4 is 11.6 Å². The lowest BCUT2D eigenvalue weighted by Crippen LogP contribution is -2.56. The van der Waals surface area contributed by atoms with E-state index in [1.54, 1.807) is 6.92 Å². The molecule has 0 radical (unpaired) electrons. The van der Waals surface area contributed by atoms with Crippen LogP contribution in [0.25, 0.3) is 0 Å². The van der Waals surface area contributed by atoms with Gasteiger partial charge in [0, 0.05) is 30.1 Å². The molecule has 0 unspecified atom stereocenters. The van der Waals surface area contributed by atoms with Crippen molar-refractivity contribution in [2.45, 2.75) is 31.7 Å². The Labute approximate surface area is 112 Å². The molecule has 1 atom stereocenters. The highest BCUT2D eigenvalue weighted by atomic mass is 19.4. The van der Waals surface area contributed by atoms with E-state index in [1.807, 2.05) is 0 Å². The molecular formula is C12H12F3N3O2. The Bertz CT molecular complexity index is 545. The largest absolute Gasteiger partial charge is 0.438 e. The molecule has 2 heterocycles. The number of hydrogen-bond donors (Lipinski definition) is 1. The topological polar surface area (TPSA) is 65.8 Å². The number of aromatic nitrogens is 1. The number of hydrogen-bond acceptors (Lipinski definition) is 4. The van der Waals surface area contributed by atoms with Crippen molar-refractivity contribution in [2.75, 3.05) is 0 Å². The standard InChI is InChI=1S/C12H12F3N3O2/c1-2-9-7-11(20,12(13,14)15)18(17-9)10(19)8-3-5-16-6-4-8/h3-6,20H,2,7H2,1H3/t11-/m1/s1. The Kier molecular flexibility index (Phi) is 3.51. The predicted molar refractivity (Wildman–Crippen MR) is 63.8 cm³/mol. The Balaban J connectivity index is 2.41. The van der Waals surface area contributed by atoms with Crippen LogP contribution in [0.1, 0.15) is 30.1 Å². The van der Waals surface area contributed by atoms with E-state index < -0.39 is 24.2 Å². The molecule has 1 aromatic rings. The van der Waals surface area contributed by atoms with Crippen LogP contribution in [0, 0.1) is 0 Å². The van der Waals surface area contributed by atoms with E-state index in [9.17, 15) is 23.1 Å². The number of hydrazone groups is 1. The zero-order chi connectivity index (χ0) is 15.0. The molecule has 0 aliphatic carbocycles. The number of carbonyl (C=O) groups excluding carboxylic acids is 1. The molecule has 0 saturated carbocycles. The van der Waals surface area contributed by atoms with Gasteiger partial charge in [-0.2, -0.15) is 23.3 Å². The summed E-state index contributed by atoms with van der Waals surface area (Å²) >= 11 is 0. The summed E-state index contributed by atoms with van der Waals surface area (Å²) in [5, 5.41) is 13.6. The van der Waals surface area contributed by atoms with Gasteiger partial charge in [0.1, 0.15) is 0 Å². The summed E-state index contributed by atoms with van der Waals surface area (Å²) < 4.78 is 39.2. The molecule has 0 fully saturated rings. The molecule has 108 valence electrons. The highest BCUT2D eigenvalue weighted by Gasteiger charge is 2.63. The molecule has 1 aromatic heterocycles. The summed E-state index contributed by atoms with van der Waals surface area (Å²) in [5.74, 6) is -1.02. The van der Waals surface area contributed by atoms with Gasteiger partial charge < -0.3 is 5.11 Å². The van der Waals surface area contributed by atoms with Crippen molar-refractivity contribution in [1.29, 1.82) is 0 Å². The summed E-state index contributed by atoms with van der Waals surface area (Å²) in [6.45, 7) is 1.61. The highest BCUT2D eigenvalue weighted by Crippen LogP contribution is 2.41. The number of pyridine rings is 1. The van der Waals surface area contributed by atoms with Gasteiger partial charge in [-0.25, -0.2) is 0 Å². The fourth-order valence-corrected chi connectivity index (χ4v) is 1.87. The first-order chi connectivity index (χ1) is 9.29. The van der Waals surface area contributed by atoms with E-state index in [2.05, 4.69) is 10.1 Å². The number of alkyl halides is 3. The van der Waals surface area contributed by atoms with Gasteiger partial charge >= 0.3 is 6.18 Å². The minimum absolute atomic E-state index is 0.0243. The first kappa shape index (κ1) is 14.4. The molecule has 1 aliphatic heterocycles. The Hall–Kier alpha value is -1.96. The fourth-order valence-electron chi connectivity index (χ4n) is 1.87. The number of rotatable bonds is 2. The van der Waals surface area contributed by atoms with Crippen LogP contribution >= 0.6 is 0 Å². The van der Waals surface area contributed by atoms with Crippen molar-refractivity contribution in [2.24, 2.45) is 5.10 Å². The summed E-state index contributed by atoms with van der Waals surface area (Å²) in [4.78, 5) is 15.8. The molecule has 0 saturated heterocycles. The average Bonchev–Trinajstić information content (AvgIpc) is 2.77. The summed E-state index contributed by atoms with van der Waals surface area (Å²) in [6, 6.07) is 2.52. The maximum Gasteiger partial charge on any atom is 0.438 e. The van der Waals surface area contributed by atoms with Crippen molar-refractivity contribution < 1.29 is 23.1 Å². The molecule has 5 nitrogen and oxygen atoms in total. The van der Waals surface area contributed by atoms with Crippen LogP contribution < -0.4 is 0 Å². The van der Waals surface area contributed by atoms with Crippen molar-refractivity contribution in [3.63, 3.8) is 0 Å². The smallest absolute Gasteiger partial charge is 0.362 e. The third-order valence-corrected chi connectivity index (χ3v) is 3.02. The number of amides is 1. The number of carbonyl (C=O) groups is 1. The zero-order valence-electron chi connectivity index (χ0n) is 10.6. The predicted octanol–water partition coefficient (Wildman–Crippen LogP) is 1.94. The van der Waals surface area contributed by atoms with Crippen LogP contribution in [-0.2, 0) is 0 Å². The van der Waals surface area contributed by atoms with Gasteiger partial charge in [-0.3, -0.25) is 9.78 Å². The van der Waals surface area contributed by atoms with Crippen LogP contribution in [-0.4, -0.2) is 38.6 Å². The number of halogens is 3. The van der Waals surface area contributed by atoms with Crippen molar-refractivity contribution in [3.8, 4) is 0 Å². The first-order valence-electron chi connectivity index (χ1n) is 5.89. The van der Waals surface area contributed by atoms with Gasteiger partial charge in [0.25, 0.3) is 11.6 Å². The van der Waals surface area contributed by atoms with Crippen LogP contribution in [0.15, 0.2) is 29.6 Å². The summed E-state index contributed by atoms with van der Waals surface area (Å²) in [7, 11) is 0. The number of aliphatic hydroxyl groups is 1. The van der Waals surface area contributed by atoms with Crippen LogP contribution in [0.3, 0.4) is 0 Å². The Morgan fingerprint density at radius 2 is 2.05 bits per heavy atom. The Morgan fingerprint density at radius 3 is 2.55 bits per heavy atom. The fraction of sp³-hybridized carbons (Fsp3) is 0.417. The van der Waals surface area contributed by atoms with E-state index in [0.29, 0.717) is 0 Å². The van der Waals surface area contributed by atoms with E-state index in [0.717, 1.165) is 0 Å². The van der Waals surface area contributed by atoms with E-state index >= 15 is 0 Å². The molecule has 0 bridgehead atoms. The molecule has 0 aromatic carbocycles. The second-order valence-corrected chi connectivity index (χ2v) is 4.36. The molecule has 20 heavy (non-hydrogen) atoms. The monoisotopic (exact) mass is 287 g/mol. The SMILES string of the molecule is CCC1=NN(C(=O)c2ccncc2)[C@](O)(C(F)(F)F)C1. The zero-order valence-corrected chi connectivity index (χ0v) is 10.6. The summed E-state index contributed by atoms with van der Waals surface area (Å²) in [5.41, 5.74) is -3.20. The minimum Gasteiger partial charge on any atom is -0.362 e. The first-order valence-corrected chi connectivity index (χ1v) is 5.89. The van der Waals surface area contributed by atoms with Crippen molar-refractivity contribution in [1.82, 2.24) is 9.99 Å². The second-order valence-electron chi connectivity index (χ2n) is 4.36. The van der Waals surface area contributed by atoms with Gasteiger partial charge in [-0.15, -0.1) is 0 Å². The normalized spacial score (nSPS) is 22.9. The third-order valence-electron chi connectivity index (χ3n) is 3.02. The van der Waals surface area contributed by atoms with Gasteiger partial charge in [0.2, 0.25) is 0 Å². The van der Waals surface area contributed by atoms with Gasteiger partial charge in [-0.05, 0) is 18.6 Å². The maximum atomic E-state index is 13.1. The lowest BCUT2D eigenvalue weighted by atomic mass is 10.0. The van der Waals surface area contributed by atoms with Gasteiger partial charge in [0.15, 0.2) is 0 Å².